The predicted molar refractivity (Wildman–Crippen MR) is 63.3 cm³/mol. The van der Waals surface area contributed by atoms with Crippen LogP contribution in [-0.2, 0) is 18.4 Å². The first kappa shape index (κ1) is 11.0. The van der Waals surface area contributed by atoms with Gasteiger partial charge < -0.3 is 15.2 Å². The number of halogens is 1. The molecule has 1 aliphatic heterocycles. The molecule has 0 unspecified atom stereocenters. The van der Waals surface area contributed by atoms with Gasteiger partial charge in [-0.2, -0.15) is 5.10 Å². The van der Waals surface area contributed by atoms with Crippen LogP contribution in [0.25, 0.3) is 11.1 Å². The fraction of sp³-hybridized carbons (Fsp3) is 0.250. The Balaban J connectivity index is 2.22. The third-order valence-electron chi connectivity index (χ3n) is 2.95. The van der Waals surface area contributed by atoms with Gasteiger partial charge in [0.25, 0.3) is 0 Å². The first-order valence-corrected chi connectivity index (χ1v) is 5.47. The van der Waals surface area contributed by atoms with E-state index in [0.717, 1.165) is 0 Å². The number of aromatic nitrogens is 2. The molecule has 0 saturated carbocycles. The van der Waals surface area contributed by atoms with E-state index < -0.39 is 0 Å². The van der Waals surface area contributed by atoms with Gasteiger partial charge in [0.2, 0.25) is 0 Å². The van der Waals surface area contributed by atoms with E-state index >= 15 is 0 Å². The summed E-state index contributed by atoms with van der Waals surface area (Å²) in [5, 5.41) is 4.05. The number of ether oxygens (including phenoxy) is 2. The molecule has 0 fully saturated rings. The smallest absolute Gasteiger partial charge is 0.189 e. The average Bonchev–Trinajstić information content (AvgIpc) is 2.69. The molecular formula is C12H12FN3O2. The third-order valence-corrected chi connectivity index (χ3v) is 2.95. The van der Waals surface area contributed by atoms with Gasteiger partial charge in [-0.05, 0) is 12.1 Å². The van der Waals surface area contributed by atoms with E-state index in [1.807, 2.05) is 0 Å². The third kappa shape index (κ3) is 1.62. The lowest BCUT2D eigenvalue weighted by Gasteiger charge is -2.20. The van der Waals surface area contributed by atoms with E-state index in [9.17, 15) is 4.39 Å². The molecule has 0 atom stereocenters. The summed E-state index contributed by atoms with van der Waals surface area (Å²) in [6.07, 6.45) is 1.60. The second-order valence-electron chi connectivity index (χ2n) is 4.12. The normalized spacial score (nSPS) is 14.1. The maximum absolute atomic E-state index is 13.6. The van der Waals surface area contributed by atoms with Crippen LogP contribution >= 0.6 is 0 Å². The quantitative estimate of drug-likeness (QED) is 0.835. The molecular weight excluding hydrogens is 237 g/mol. The van der Waals surface area contributed by atoms with E-state index in [1.54, 1.807) is 13.2 Å². The van der Waals surface area contributed by atoms with Crippen LogP contribution < -0.4 is 10.5 Å². The summed E-state index contributed by atoms with van der Waals surface area (Å²) in [4.78, 5) is 0. The molecule has 3 rings (SSSR count). The zero-order valence-electron chi connectivity index (χ0n) is 9.81. The molecule has 0 radical (unpaired) electrons. The Labute approximate surface area is 103 Å². The highest BCUT2D eigenvalue weighted by molar-refractivity contribution is 5.79. The van der Waals surface area contributed by atoms with Crippen molar-refractivity contribution in [2.45, 2.75) is 6.61 Å². The molecule has 1 aromatic carbocycles. The van der Waals surface area contributed by atoms with Crippen molar-refractivity contribution >= 4 is 5.82 Å². The Bertz CT molecular complexity index is 610. The summed E-state index contributed by atoms with van der Waals surface area (Å²) in [6.45, 7) is 0.492. The van der Waals surface area contributed by atoms with Crippen LogP contribution in [0.3, 0.4) is 0 Å². The molecule has 18 heavy (non-hydrogen) atoms. The zero-order valence-corrected chi connectivity index (χ0v) is 9.81. The summed E-state index contributed by atoms with van der Waals surface area (Å²) in [7, 11) is 1.73. The molecule has 0 bridgehead atoms. The maximum atomic E-state index is 13.6. The van der Waals surface area contributed by atoms with Crippen LogP contribution in [0.5, 0.6) is 5.75 Å². The summed E-state index contributed by atoms with van der Waals surface area (Å²) in [6, 6.07) is 2.81. The molecule has 0 saturated heterocycles. The van der Waals surface area contributed by atoms with Gasteiger partial charge in [-0.1, -0.05) is 0 Å². The van der Waals surface area contributed by atoms with E-state index in [-0.39, 0.29) is 12.6 Å². The number of aryl methyl sites for hydroxylation is 1. The van der Waals surface area contributed by atoms with E-state index in [1.165, 1.54) is 16.8 Å². The van der Waals surface area contributed by atoms with Crippen LogP contribution in [0.15, 0.2) is 18.3 Å². The second-order valence-corrected chi connectivity index (χ2v) is 4.12. The largest absolute Gasteiger partial charge is 0.467 e. The van der Waals surface area contributed by atoms with E-state index in [4.69, 9.17) is 15.2 Å². The molecule has 2 heterocycles. The van der Waals surface area contributed by atoms with Crippen molar-refractivity contribution in [3.63, 3.8) is 0 Å². The van der Waals surface area contributed by atoms with Gasteiger partial charge in [0, 0.05) is 23.7 Å². The highest BCUT2D eigenvalue weighted by atomic mass is 19.1. The van der Waals surface area contributed by atoms with Gasteiger partial charge in [0.1, 0.15) is 17.4 Å². The maximum Gasteiger partial charge on any atom is 0.189 e. The highest BCUT2D eigenvalue weighted by Gasteiger charge is 2.20. The lowest BCUT2D eigenvalue weighted by atomic mass is 10.0. The average molecular weight is 249 g/mol. The van der Waals surface area contributed by atoms with Crippen molar-refractivity contribution in [1.82, 2.24) is 9.78 Å². The molecule has 0 spiro atoms. The molecule has 1 aromatic heterocycles. The molecule has 0 aliphatic carbocycles. The Morgan fingerprint density at radius 1 is 1.39 bits per heavy atom. The SMILES string of the molecule is Cn1ncc(-c2cc(F)cc3c2OCOC3)c1N. The topological polar surface area (TPSA) is 62.3 Å². The van der Waals surface area contributed by atoms with Crippen LogP contribution in [0.4, 0.5) is 10.2 Å². The summed E-state index contributed by atoms with van der Waals surface area (Å²) < 4.78 is 25.7. The number of nitrogens with two attached hydrogens (primary N) is 1. The van der Waals surface area contributed by atoms with Crippen molar-refractivity contribution < 1.29 is 13.9 Å². The summed E-state index contributed by atoms with van der Waals surface area (Å²) in [5.41, 5.74) is 7.86. The zero-order chi connectivity index (χ0) is 12.7. The van der Waals surface area contributed by atoms with Crippen LogP contribution in [0, 0.1) is 5.82 Å². The van der Waals surface area contributed by atoms with E-state index in [0.29, 0.717) is 34.9 Å². The Morgan fingerprint density at radius 3 is 2.94 bits per heavy atom. The Morgan fingerprint density at radius 2 is 2.22 bits per heavy atom. The molecule has 6 heteroatoms. The first-order chi connectivity index (χ1) is 8.66. The highest BCUT2D eigenvalue weighted by Crippen LogP contribution is 2.38. The molecule has 94 valence electrons. The molecule has 0 amide bonds. The number of hydrogen-bond acceptors (Lipinski definition) is 4. The molecule has 1 aliphatic rings. The van der Waals surface area contributed by atoms with Crippen molar-refractivity contribution in [3.8, 4) is 16.9 Å². The number of hydrogen-bond donors (Lipinski definition) is 1. The van der Waals surface area contributed by atoms with Crippen LogP contribution in [0.2, 0.25) is 0 Å². The monoisotopic (exact) mass is 249 g/mol. The minimum Gasteiger partial charge on any atom is -0.467 e. The van der Waals surface area contributed by atoms with Gasteiger partial charge in [0.05, 0.1) is 12.8 Å². The lowest BCUT2D eigenvalue weighted by molar-refractivity contribution is -0.0161. The Hall–Kier alpha value is -2.08. The fourth-order valence-electron chi connectivity index (χ4n) is 2.03. The number of anilines is 1. The van der Waals surface area contributed by atoms with Crippen molar-refractivity contribution in [2.75, 3.05) is 12.5 Å². The summed E-state index contributed by atoms with van der Waals surface area (Å²) in [5.74, 6) is 0.737. The van der Waals surface area contributed by atoms with Gasteiger partial charge in [-0.15, -0.1) is 0 Å². The van der Waals surface area contributed by atoms with Gasteiger partial charge in [-0.25, -0.2) is 4.39 Å². The predicted octanol–water partition coefficient (Wildman–Crippen LogP) is 1.67. The molecule has 2 N–H and O–H groups in total. The van der Waals surface area contributed by atoms with Crippen molar-refractivity contribution in [1.29, 1.82) is 0 Å². The minimum atomic E-state index is -0.346. The number of nitrogens with zero attached hydrogens (tertiary/aromatic N) is 2. The number of benzene rings is 1. The number of rotatable bonds is 1. The fourth-order valence-corrected chi connectivity index (χ4v) is 2.03. The molecule has 2 aromatic rings. The van der Waals surface area contributed by atoms with Crippen LogP contribution in [-0.4, -0.2) is 16.6 Å². The van der Waals surface area contributed by atoms with Crippen LogP contribution in [0.1, 0.15) is 5.56 Å². The second kappa shape index (κ2) is 3.99. The van der Waals surface area contributed by atoms with Gasteiger partial charge >= 0.3 is 0 Å². The first-order valence-electron chi connectivity index (χ1n) is 5.47. The van der Waals surface area contributed by atoms with Gasteiger partial charge in [-0.3, -0.25) is 4.68 Å². The standard InChI is InChI=1S/C12H12FN3O2/c1-16-12(14)10(4-15-16)9-3-8(13)2-7-5-17-6-18-11(7)9/h2-4H,5-6,14H2,1H3. The van der Waals surface area contributed by atoms with Crippen molar-refractivity contribution in [2.24, 2.45) is 7.05 Å². The Kier molecular flexibility index (Phi) is 2.45. The van der Waals surface area contributed by atoms with Gasteiger partial charge in [0.15, 0.2) is 6.79 Å². The minimum absolute atomic E-state index is 0.159. The number of nitrogen functional groups attached to an aromatic ring is 1. The summed E-state index contributed by atoms with van der Waals surface area (Å²) >= 11 is 0. The number of fused-ring (bicyclic) bond motifs is 1. The molecule has 5 nitrogen and oxygen atoms in total. The van der Waals surface area contributed by atoms with Crippen molar-refractivity contribution in [3.05, 3.63) is 29.7 Å². The van der Waals surface area contributed by atoms with E-state index in [2.05, 4.69) is 5.10 Å². The lowest BCUT2D eigenvalue weighted by Crippen LogP contribution is -2.12.